The van der Waals surface area contributed by atoms with Gasteiger partial charge in [-0.25, -0.2) is 0 Å². The summed E-state index contributed by atoms with van der Waals surface area (Å²) >= 11 is 0. The molecule has 1 atom stereocenters. The molecule has 0 aromatic rings. The van der Waals surface area contributed by atoms with Crippen molar-refractivity contribution < 1.29 is 14.3 Å². The van der Waals surface area contributed by atoms with Crippen LogP contribution in [0, 0.1) is 0 Å². The fourth-order valence-corrected chi connectivity index (χ4v) is 0.680. The van der Waals surface area contributed by atoms with Crippen LogP contribution in [0.3, 0.4) is 0 Å². The average Bonchev–Trinajstić information content (AvgIpc) is 1.98. The normalized spacial score (nSPS) is 12.7. The maximum Gasteiger partial charge on any atom is 0.253 e. The van der Waals surface area contributed by atoms with Gasteiger partial charge in [-0.3, -0.25) is 4.79 Å². The molecule has 0 heterocycles. The molecule has 0 spiro atoms. The van der Waals surface area contributed by atoms with Crippen LogP contribution in [0.5, 0.6) is 0 Å². The van der Waals surface area contributed by atoms with Crippen molar-refractivity contribution in [3.05, 3.63) is 0 Å². The van der Waals surface area contributed by atoms with E-state index in [2.05, 4.69) is 0 Å². The number of likely N-dealkylation sites (N-methyl/N-ethyl adjacent to an activating group) is 1. The first kappa shape index (κ1) is 10.4. The third kappa shape index (κ3) is 3.34. The largest absolute Gasteiger partial charge is 0.381 e. The SMILES string of the molecule is COCC(OC)C(=O)N(C)C. The van der Waals surface area contributed by atoms with Crippen molar-refractivity contribution in [2.24, 2.45) is 0 Å². The number of methoxy groups -OCH3 is 2. The molecule has 66 valence electrons. The lowest BCUT2D eigenvalue weighted by atomic mass is 10.3. The molecule has 4 heteroatoms. The van der Waals surface area contributed by atoms with Crippen LogP contribution in [-0.2, 0) is 14.3 Å². The van der Waals surface area contributed by atoms with E-state index >= 15 is 0 Å². The molecule has 1 unspecified atom stereocenters. The third-order valence-corrected chi connectivity index (χ3v) is 1.32. The van der Waals surface area contributed by atoms with Gasteiger partial charge >= 0.3 is 0 Å². The number of carbonyl (C=O) groups excluding carboxylic acids is 1. The van der Waals surface area contributed by atoms with E-state index in [4.69, 9.17) is 9.47 Å². The molecule has 0 aliphatic carbocycles. The zero-order chi connectivity index (χ0) is 8.85. The molecule has 0 rings (SSSR count). The molecular formula is C7H15NO3. The highest BCUT2D eigenvalue weighted by Gasteiger charge is 2.18. The maximum atomic E-state index is 11.2. The minimum absolute atomic E-state index is 0.0747. The molecule has 11 heavy (non-hydrogen) atoms. The lowest BCUT2D eigenvalue weighted by Gasteiger charge is -2.17. The van der Waals surface area contributed by atoms with Crippen molar-refractivity contribution >= 4 is 5.91 Å². The Hall–Kier alpha value is -0.610. The van der Waals surface area contributed by atoms with Crippen molar-refractivity contribution in [2.75, 3.05) is 34.9 Å². The number of carbonyl (C=O) groups is 1. The summed E-state index contributed by atoms with van der Waals surface area (Å²) < 4.78 is 9.69. The van der Waals surface area contributed by atoms with Crippen molar-refractivity contribution in [1.82, 2.24) is 4.90 Å². The van der Waals surface area contributed by atoms with Crippen LogP contribution in [0.25, 0.3) is 0 Å². The van der Waals surface area contributed by atoms with Gasteiger partial charge in [0.2, 0.25) is 0 Å². The lowest BCUT2D eigenvalue weighted by molar-refractivity contribution is -0.142. The summed E-state index contributed by atoms with van der Waals surface area (Å²) in [6, 6.07) is 0. The van der Waals surface area contributed by atoms with Crippen molar-refractivity contribution in [3.8, 4) is 0 Å². The molecule has 0 fully saturated rings. The van der Waals surface area contributed by atoms with Crippen LogP contribution < -0.4 is 0 Å². The topological polar surface area (TPSA) is 38.8 Å². The van der Waals surface area contributed by atoms with Gasteiger partial charge in [0.25, 0.3) is 5.91 Å². The Morgan fingerprint density at radius 1 is 1.45 bits per heavy atom. The van der Waals surface area contributed by atoms with Crippen molar-refractivity contribution in [3.63, 3.8) is 0 Å². The van der Waals surface area contributed by atoms with E-state index in [1.165, 1.54) is 19.1 Å². The van der Waals surface area contributed by atoms with Crippen LogP contribution in [0.2, 0.25) is 0 Å². The number of hydrogen-bond acceptors (Lipinski definition) is 3. The van der Waals surface area contributed by atoms with Gasteiger partial charge in [-0.05, 0) is 0 Å². The van der Waals surface area contributed by atoms with Crippen LogP contribution in [0.15, 0.2) is 0 Å². The summed E-state index contributed by atoms with van der Waals surface area (Å²) in [5.74, 6) is -0.0747. The Balaban J connectivity index is 3.92. The maximum absolute atomic E-state index is 11.2. The van der Waals surface area contributed by atoms with Gasteiger partial charge in [0, 0.05) is 28.3 Å². The first-order valence-corrected chi connectivity index (χ1v) is 3.36. The molecule has 0 aromatic carbocycles. The van der Waals surface area contributed by atoms with Crippen LogP contribution in [0.4, 0.5) is 0 Å². The van der Waals surface area contributed by atoms with E-state index in [1.54, 1.807) is 14.1 Å². The Morgan fingerprint density at radius 3 is 2.27 bits per heavy atom. The molecule has 0 aromatic heterocycles. The fourth-order valence-electron chi connectivity index (χ4n) is 0.680. The smallest absolute Gasteiger partial charge is 0.253 e. The summed E-state index contributed by atoms with van der Waals surface area (Å²) in [6.07, 6.45) is -0.477. The summed E-state index contributed by atoms with van der Waals surface area (Å²) in [5, 5.41) is 0. The zero-order valence-corrected chi connectivity index (χ0v) is 7.46. The molecule has 4 nitrogen and oxygen atoms in total. The van der Waals surface area contributed by atoms with Crippen LogP contribution in [0.1, 0.15) is 0 Å². The first-order chi connectivity index (χ1) is 5.13. The van der Waals surface area contributed by atoms with E-state index in [-0.39, 0.29) is 5.91 Å². The van der Waals surface area contributed by atoms with Crippen LogP contribution >= 0.6 is 0 Å². The predicted molar refractivity (Wildman–Crippen MR) is 41.4 cm³/mol. The molecular weight excluding hydrogens is 146 g/mol. The zero-order valence-electron chi connectivity index (χ0n) is 7.46. The summed E-state index contributed by atoms with van der Waals surface area (Å²) in [4.78, 5) is 12.7. The minimum Gasteiger partial charge on any atom is -0.381 e. The standard InChI is InChI=1S/C7H15NO3/c1-8(2)7(9)6(11-4)5-10-3/h6H,5H2,1-4H3. The second-order valence-electron chi connectivity index (χ2n) is 2.41. The van der Waals surface area contributed by atoms with E-state index in [0.717, 1.165) is 0 Å². The van der Waals surface area contributed by atoms with Gasteiger partial charge in [0.1, 0.15) is 0 Å². The number of hydrogen-bond donors (Lipinski definition) is 0. The van der Waals surface area contributed by atoms with Gasteiger partial charge in [-0.1, -0.05) is 0 Å². The molecule has 0 radical (unpaired) electrons. The highest BCUT2D eigenvalue weighted by atomic mass is 16.5. The molecule has 0 aliphatic rings. The van der Waals surface area contributed by atoms with Gasteiger partial charge in [-0.15, -0.1) is 0 Å². The Labute approximate surface area is 67.1 Å². The van der Waals surface area contributed by atoms with Crippen molar-refractivity contribution in [1.29, 1.82) is 0 Å². The predicted octanol–water partition coefficient (Wildman–Crippen LogP) is -0.264. The average molecular weight is 161 g/mol. The lowest BCUT2D eigenvalue weighted by Crippen LogP contribution is -2.37. The Bertz CT molecular complexity index is 125. The molecule has 0 saturated heterocycles. The van der Waals surface area contributed by atoms with E-state index in [1.807, 2.05) is 0 Å². The highest BCUT2D eigenvalue weighted by molar-refractivity contribution is 5.80. The number of rotatable bonds is 4. The van der Waals surface area contributed by atoms with E-state index < -0.39 is 6.10 Å². The summed E-state index contributed by atoms with van der Waals surface area (Å²) in [7, 11) is 6.40. The molecule has 1 amide bonds. The molecule has 0 saturated carbocycles. The molecule has 0 bridgehead atoms. The second kappa shape index (κ2) is 5.09. The van der Waals surface area contributed by atoms with Gasteiger partial charge in [-0.2, -0.15) is 0 Å². The third-order valence-electron chi connectivity index (χ3n) is 1.32. The second-order valence-corrected chi connectivity index (χ2v) is 2.41. The summed E-state index contributed by atoms with van der Waals surface area (Å²) in [5.41, 5.74) is 0. The first-order valence-electron chi connectivity index (χ1n) is 3.36. The minimum atomic E-state index is -0.477. The number of ether oxygens (including phenoxy) is 2. The van der Waals surface area contributed by atoms with Gasteiger partial charge < -0.3 is 14.4 Å². The quantitative estimate of drug-likeness (QED) is 0.570. The van der Waals surface area contributed by atoms with Gasteiger partial charge in [0.05, 0.1) is 6.61 Å². The van der Waals surface area contributed by atoms with Gasteiger partial charge in [0.15, 0.2) is 6.10 Å². The summed E-state index contributed by atoms with van der Waals surface area (Å²) in [6.45, 7) is 0.299. The van der Waals surface area contributed by atoms with Crippen LogP contribution in [-0.4, -0.2) is 51.8 Å². The van der Waals surface area contributed by atoms with E-state index in [0.29, 0.717) is 6.61 Å². The molecule has 0 N–H and O–H groups in total. The Morgan fingerprint density at radius 2 is 2.00 bits per heavy atom. The highest BCUT2D eigenvalue weighted by Crippen LogP contribution is 1.94. The molecule has 0 aliphatic heterocycles. The monoisotopic (exact) mass is 161 g/mol. The van der Waals surface area contributed by atoms with Crippen molar-refractivity contribution in [2.45, 2.75) is 6.10 Å². The number of amides is 1. The number of nitrogens with zero attached hydrogens (tertiary/aromatic N) is 1. The van der Waals surface area contributed by atoms with E-state index in [9.17, 15) is 4.79 Å². The fraction of sp³-hybridized carbons (Fsp3) is 0.857. The Kier molecular flexibility index (Phi) is 4.81.